The molecule has 0 aliphatic carbocycles. The van der Waals surface area contributed by atoms with Crippen molar-refractivity contribution in [2.24, 2.45) is 0 Å². The molecule has 0 radical (unpaired) electrons. The van der Waals surface area contributed by atoms with Crippen molar-refractivity contribution in [3.05, 3.63) is 65.6 Å². The molecule has 0 aliphatic rings. The van der Waals surface area contributed by atoms with Gasteiger partial charge < -0.3 is 9.72 Å². The fourth-order valence-corrected chi connectivity index (χ4v) is 4.11. The number of hydrogen-bond acceptors (Lipinski definition) is 6. The van der Waals surface area contributed by atoms with Gasteiger partial charge in [0, 0.05) is 23.8 Å². The maximum Gasteiger partial charge on any atom is 0.210 e. The van der Waals surface area contributed by atoms with Crippen LogP contribution >= 0.6 is 23.1 Å². The summed E-state index contributed by atoms with van der Waals surface area (Å²) in [6, 6.07) is 12.3. The Bertz CT molecular complexity index is 988. The third-order valence-electron chi connectivity index (χ3n) is 3.92. The summed E-state index contributed by atoms with van der Waals surface area (Å²) in [5.41, 5.74) is 5.58. The first-order valence-electron chi connectivity index (χ1n) is 7.90. The van der Waals surface area contributed by atoms with Crippen molar-refractivity contribution in [2.45, 2.75) is 23.9 Å². The molecule has 3 heterocycles. The molecule has 0 aliphatic heterocycles. The zero-order valence-electron chi connectivity index (χ0n) is 13.9. The Morgan fingerprint density at radius 3 is 2.88 bits per heavy atom. The standard InChI is InChI=1S/C18H17N5S2/c1-12-6-7-14(9-13(12)2)20-17-21-22-18(25-17)24-11-15-10-23-8-4-3-5-16(23)19-15/h3-10H,11H2,1-2H3,(H,20,21). The third-order valence-corrected chi connectivity index (χ3v) is 5.93. The Morgan fingerprint density at radius 1 is 1.12 bits per heavy atom. The molecule has 0 fully saturated rings. The smallest absolute Gasteiger partial charge is 0.210 e. The lowest BCUT2D eigenvalue weighted by atomic mass is 10.1. The Morgan fingerprint density at radius 2 is 2.04 bits per heavy atom. The first kappa shape index (κ1) is 16.1. The number of thioether (sulfide) groups is 1. The lowest BCUT2D eigenvalue weighted by molar-refractivity contribution is 1.01. The van der Waals surface area contributed by atoms with Crippen LogP contribution in [0.25, 0.3) is 5.65 Å². The molecule has 0 spiro atoms. The molecule has 0 atom stereocenters. The highest BCUT2D eigenvalue weighted by molar-refractivity contribution is 8.00. The van der Waals surface area contributed by atoms with Crippen LogP contribution in [0.1, 0.15) is 16.8 Å². The van der Waals surface area contributed by atoms with Gasteiger partial charge in [-0.05, 0) is 49.2 Å². The van der Waals surface area contributed by atoms with E-state index in [4.69, 9.17) is 0 Å². The highest BCUT2D eigenvalue weighted by atomic mass is 32.2. The summed E-state index contributed by atoms with van der Waals surface area (Å²) in [6.07, 6.45) is 4.06. The zero-order chi connectivity index (χ0) is 17.2. The van der Waals surface area contributed by atoms with E-state index in [9.17, 15) is 0 Å². The van der Waals surface area contributed by atoms with E-state index in [1.54, 1.807) is 23.1 Å². The quantitative estimate of drug-likeness (QED) is 0.512. The number of imidazole rings is 1. The van der Waals surface area contributed by atoms with Gasteiger partial charge in [-0.15, -0.1) is 10.2 Å². The van der Waals surface area contributed by atoms with Crippen LogP contribution in [0.5, 0.6) is 0 Å². The predicted octanol–water partition coefficient (Wildman–Crippen LogP) is 4.84. The minimum absolute atomic E-state index is 0.778. The van der Waals surface area contributed by atoms with Crippen molar-refractivity contribution < 1.29 is 0 Å². The largest absolute Gasteiger partial charge is 0.330 e. The highest BCUT2D eigenvalue weighted by Crippen LogP contribution is 2.30. The number of fused-ring (bicyclic) bond motifs is 1. The molecule has 1 N–H and O–H groups in total. The van der Waals surface area contributed by atoms with Gasteiger partial charge in [-0.1, -0.05) is 35.2 Å². The maximum atomic E-state index is 4.60. The first-order valence-corrected chi connectivity index (χ1v) is 9.71. The summed E-state index contributed by atoms with van der Waals surface area (Å²) in [4.78, 5) is 4.60. The average molecular weight is 368 g/mol. The van der Waals surface area contributed by atoms with E-state index in [2.05, 4.69) is 58.7 Å². The summed E-state index contributed by atoms with van der Waals surface area (Å²) >= 11 is 3.21. The van der Waals surface area contributed by atoms with Crippen LogP contribution in [0.4, 0.5) is 10.8 Å². The number of nitrogens with one attached hydrogen (secondary N) is 1. The molecule has 0 saturated heterocycles. The molecule has 4 rings (SSSR count). The first-order chi connectivity index (χ1) is 12.2. The molecule has 0 unspecified atom stereocenters. The van der Waals surface area contributed by atoms with Crippen molar-refractivity contribution in [1.29, 1.82) is 0 Å². The second-order valence-electron chi connectivity index (χ2n) is 5.78. The topological polar surface area (TPSA) is 55.1 Å². The Kier molecular flexibility index (Phi) is 4.42. The van der Waals surface area contributed by atoms with E-state index in [0.29, 0.717) is 0 Å². The second-order valence-corrected chi connectivity index (χ2v) is 7.98. The molecule has 3 aromatic heterocycles. The van der Waals surface area contributed by atoms with E-state index in [0.717, 1.165) is 32.3 Å². The molecule has 0 bridgehead atoms. The van der Waals surface area contributed by atoms with Crippen LogP contribution in [0.3, 0.4) is 0 Å². The normalized spacial score (nSPS) is 11.1. The molecule has 0 amide bonds. The maximum absolute atomic E-state index is 4.60. The monoisotopic (exact) mass is 367 g/mol. The fourth-order valence-electron chi connectivity index (χ4n) is 2.45. The minimum Gasteiger partial charge on any atom is -0.330 e. The van der Waals surface area contributed by atoms with E-state index < -0.39 is 0 Å². The van der Waals surface area contributed by atoms with Crippen molar-refractivity contribution in [1.82, 2.24) is 19.6 Å². The van der Waals surface area contributed by atoms with Crippen LogP contribution < -0.4 is 5.32 Å². The predicted molar refractivity (Wildman–Crippen MR) is 104 cm³/mol. The molecule has 4 aromatic rings. The summed E-state index contributed by atoms with van der Waals surface area (Å²) in [5, 5.41) is 12.6. The highest BCUT2D eigenvalue weighted by Gasteiger charge is 2.08. The summed E-state index contributed by atoms with van der Waals surface area (Å²) < 4.78 is 2.96. The second kappa shape index (κ2) is 6.85. The lowest BCUT2D eigenvalue weighted by Gasteiger charge is -2.05. The van der Waals surface area contributed by atoms with Gasteiger partial charge in [0.1, 0.15) is 5.65 Å². The van der Waals surface area contributed by atoms with Gasteiger partial charge in [-0.3, -0.25) is 0 Å². The van der Waals surface area contributed by atoms with E-state index in [1.807, 2.05) is 28.8 Å². The molecule has 5 nitrogen and oxygen atoms in total. The van der Waals surface area contributed by atoms with Gasteiger partial charge in [0.25, 0.3) is 0 Å². The number of pyridine rings is 1. The van der Waals surface area contributed by atoms with Crippen LogP contribution in [0, 0.1) is 13.8 Å². The van der Waals surface area contributed by atoms with Crippen LogP contribution in [-0.2, 0) is 5.75 Å². The van der Waals surface area contributed by atoms with Gasteiger partial charge in [0.05, 0.1) is 5.69 Å². The number of anilines is 2. The Labute approximate surface area is 154 Å². The SMILES string of the molecule is Cc1ccc(Nc2nnc(SCc3cn4ccccc4n3)s2)cc1C. The zero-order valence-corrected chi connectivity index (χ0v) is 15.6. The van der Waals surface area contributed by atoms with Gasteiger partial charge in [-0.25, -0.2) is 4.98 Å². The average Bonchev–Trinajstić information content (AvgIpc) is 3.22. The molecular weight excluding hydrogens is 350 g/mol. The third kappa shape index (κ3) is 3.67. The van der Waals surface area contributed by atoms with Gasteiger partial charge in [-0.2, -0.15) is 0 Å². The van der Waals surface area contributed by atoms with Crippen LogP contribution in [0.2, 0.25) is 0 Å². The number of nitrogens with zero attached hydrogens (tertiary/aromatic N) is 4. The minimum atomic E-state index is 0.778. The van der Waals surface area contributed by atoms with E-state index in [1.165, 1.54) is 11.1 Å². The van der Waals surface area contributed by atoms with Gasteiger partial charge >= 0.3 is 0 Å². The number of hydrogen-bond donors (Lipinski definition) is 1. The van der Waals surface area contributed by atoms with Crippen molar-refractivity contribution in [2.75, 3.05) is 5.32 Å². The molecular formula is C18H17N5S2. The summed E-state index contributed by atoms with van der Waals surface area (Å²) in [5.74, 6) is 0.778. The number of benzene rings is 1. The van der Waals surface area contributed by atoms with Crippen molar-refractivity contribution in [3.8, 4) is 0 Å². The van der Waals surface area contributed by atoms with Crippen molar-refractivity contribution >= 4 is 39.6 Å². The van der Waals surface area contributed by atoms with Gasteiger partial charge in [0.15, 0.2) is 4.34 Å². The van der Waals surface area contributed by atoms with Crippen molar-refractivity contribution in [3.63, 3.8) is 0 Å². The van der Waals surface area contributed by atoms with Crippen LogP contribution in [-0.4, -0.2) is 19.6 Å². The van der Waals surface area contributed by atoms with Crippen LogP contribution in [0.15, 0.2) is 53.1 Å². The lowest BCUT2D eigenvalue weighted by Crippen LogP contribution is -1.91. The summed E-state index contributed by atoms with van der Waals surface area (Å²) in [7, 11) is 0. The molecule has 126 valence electrons. The number of aromatic nitrogens is 4. The van der Waals surface area contributed by atoms with E-state index >= 15 is 0 Å². The fraction of sp³-hybridized carbons (Fsp3) is 0.167. The molecule has 25 heavy (non-hydrogen) atoms. The number of rotatable bonds is 5. The summed E-state index contributed by atoms with van der Waals surface area (Å²) in [6.45, 7) is 4.22. The molecule has 0 saturated carbocycles. The van der Waals surface area contributed by atoms with E-state index in [-0.39, 0.29) is 0 Å². The Balaban J connectivity index is 1.41. The molecule has 1 aromatic carbocycles. The number of aryl methyl sites for hydroxylation is 2. The molecule has 7 heteroatoms. The van der Waals surface area contributed by atoms with Gasteiger partial charge in [0.2, 0.25) is 5.13 Å². The Hall–Kier alpha value is -2.38.